The van der Waals surface area contributed by atoms with Gasteiger partial charge in [-0.3, -0.25) is 14.4 Å². The van der Waals surface area contributed by atoms with E-state index >= 15 is 0 Å². The molecule has 1 saturated heterocycles. The molecule has 28 heavy (non-hydrogen) atoms. The molecular formula is C22H33N3O3. The van der Waals surface area contributed by atoms with E-state index < -0.39 is 0 Å². The maximum atomic E-state index is 12.7. The van der Waals surface area contributed by atoms with E-state index in [4.69, 9.17) is 0 Å². The quantitative estimate of drug-likeness (QED) is 0.676. The Labute approximate surface area is 168 Å². The van der Waals surface area contributed by atoms with Crippen molar-refractivity contribution in [3.05, 3.63) is 29.3 Å². The van der Waals surface area contributed by atoms with Gasteiger partial charge in [-0.1, -0.05) is 45.9 Å². The molecule has 6 heteroatoms. The monoisotopic (exact) mass is 387 g/mol. The molecule has 2 rings (SSSR count). The lowest BCUT2D eigenvalue weighted by atomic mass is 9.91. The van der Waals surface area contributed by atoms with Crippen molar-refractivity contribution in [2.24, 2.45) is 0 Å². The molecule has 0 saturated carbocycles. The average Bonchev–Trinajstić information content (AvgIpc) is 2.67. The number of benzene rings is 1. The molecule has 6 nitrogen and oxygen atoms in total. The average molecular weight is 388 g/mol. The minimum atomic E-state index is -0.0476. The SMILES string of the molecule is CC(=O)N(CCC(=O)N1CCN(C=O)CC1)c1c(C(C)C)cccc1C(C)C. The van der Waals surface area contributed by atoms with Gasteiger partial charge in [-0.05, 0) is 23.0 Å². The predicted octanol–water partition coefficient (Wildman–Crippen LogP) is 2.98. The lowest BCUT2D eigenvalue weighted by molar-refractivity contribution is -0.135. The Morgan fingerprint density at radius 1 is 1.04 bits per heavy atom. The summed E-state index contributed by atoms with van der Waals surface area (Å²) < 4.78 is 0. The summed E-state index contributed by atoms with van der Waals surface area (Å²) in [6.07, 6.45) is 1.11. The Bertz CT molecular complexity index is 681. The van der Waals surface area contributed by atoms with Gasteiger partial charge in [0.1, 0.15) is 0 Å². The number of nitrogens with zero attached hydrogens (tertiary/aromatic N) is 3. The van der Waals surface area contributed by atoms with Gasteiger partial charge in [-0.25, -0.2) is 0 Å². The third-order valence-electron chi connectivity index (χ3n) is 5.36. The number of carbonyl (C=O) groups excluding carboxylic acids is 3. The van der Waals surface area contributed by atoms with Gasteiger partial charge in [0.05, 0.1) is 5.69 Å². The highest BCUT2D eigenvalue weighted by molar-refractivity contribution is 5.94. The summed E-state index contributed by atoms with van der Waals surface area (Å²) in [5.41, 5.74) is 3.22. The minimum Gasteiger partial charge on any atom is -0.342 e. The van der Waals surface area contributed by atoms with Crippen molar-refractivity contribution in [3.63, 3.8) is 0 Å². The van der Waals surface area contributed by atoms with Gasteiger partial charge in [0.2, 0.25) is 18.2 Å². The van der Waals surface area contributed by atoms with Crippen LogP contribution in [-0.2, 0) is 14.4 Å². The van der Waals surface area contributed by atoms with Crippen LogP contribution in [0.15, 0.2) is 18.2 Å². The first-order chi connectivity index (χ1) is 13.3. The molecule has 0 bridgehead atoms. The Morgan fingerprint density at radius 2 is 1.57 bits per heavy atom. The van der Waals surface area contributed by atoms with Crippen molar-refractivity contribution in [2.75, 3.05) is 37.6 Å². The molecule has 1 fully saturated rings. The summed E-state index contributed by atoms with van der Waals surface area (Å²) in [7, 11) is 0. The van der Waals surface area contributed by atoms with E-state index in [9.17, 15) is 14.4 Å². The van der Waals surface area contributed by atoms with Crippen LogP contribution in [0.1, 0.15) is 64.0 Å². The molecule has 0 aromatic heterocycles. The fraction of sp³-hybridized carbons (Fsp3) is 0.591. The molecule has 0 unspecified atom stereocenters. The summed E-state index contributed by atoms with van der Waals surface area (Å²) in [6, 6.07) is 6.19. The van der Waals surface area contributed by atoms with E-state index in [1.807, 2.05) is 6.07 Å². The molecule has 1 aromatic carbocycles. The van der Waals surface area contributed by atoms with E-state index in [1.165, 1.54) is 0 Å². The molecule has 0 spiro atoms. The zero-order chi connectivity index (χ0) is 20.8. The van der Waals surface area contributed by atoms with Crippen molar-refractivity contribution < 1.29 is 14.4 Å². The van der Waals surface area contributed by atoms with Gasteiger partial charge in [0, 0.05) is 46.1 Å². The molecule has 3 amide bonds. The van der Waals surface area contributed by atoms with Crippen molar-refractivity contribution in [3.8, 4) is 0 Å². The lowest BCUT2D eigenvalue weighted by Crippen LogP contribution is -2.48. The third kappa shape index (κ3) is 5.12. The molecule has 154 valence electrons. The van der Waals surface area contributed by atoms with E-state index in [0.29, 0.717) is 32.7 Å². The fourth-order valence-corrected chi connectivity index (χ4v) is 3.69. The highest BCUT2D eigenvalue weighted by Gasteiger charge is 2.25. The minimum absolute atomic E-state index is 0.0323. The zero-order valence-electron chi connectivity index (χ0n) is 17.8. The first kappa shape index (κ1) is 21.9. The van der Waals surface area contributed by atoms with Crippen molar-refractivity contribution in [1.29, 1.82) is 0 Å². The third-order valence-corrected chi connectivity index (χ3v) is 5.36. The molecule has 0 aliphatic carbocycles. The zero-order valence-corrected chi connectivity index (χ0v) is 17.8. The normalized spacial score (nSPS) is 14.5. The van der Waals surface area contributed by atoms with Crippen LogP contribution in [0.25, 0.3) is 0 Å². The first-order valence-electron chi connectivity index (χ1n) is 10.1. The van der Waals surface area contributed by atoms with Gasteiger partial charge in [0.25, 0.3) is 0 Å². The van der Waals surface area contributed by atoms with Crippen LogP contribution in [-0.4, -0.2) is 60.7 Å². The van der Waals surface area contributed by atoms with Crippen LogP contribution >= 0.6 is 0 Å². The van der Waals surface area contributed by atoms with Crippen LogP contribution in [0.2, 0.25) is 0 Å². The molecule has 1 aliphatic heterocycles. The van der Waals surface area contributed by atoms with Crippen LogP contribution in [0.4, 0.5) is 5.69 Å². The van der Waals surface area contributed by atoms with Gasteiger partial charge in [0.15, 0.2) is 0 Å². The lowest BCUT2D eigenvalue weighted by Gasteiger charge is -2.34. The van der Waals surface area contributed by atoms with Gasteiger partial charge >= 0.3 is 0 Å². The highest BCUT2D eigenvalue weighted by atomic mass is 16.2. The fourth-order valence-electron chi connectivity index (χ4n) is 3.69. The second kappa shape index (κ2) is 9.71. The number of carbonyl (C=O) groups is 3. The van der Waals surface area contributed by atoms with Crippen molar-refractivity contribution in [2.45, 2.75) is 52.9 Å². The smallest absolute Gasteiger partial charge is 0.224 e. The summed E-state index contributed by atoms with van der Waals surface area (Å²) >= 11 is 0. The second-order valence-electron chi connectivity index (χ2n) is 8.04. The van der Waals surface area contributed by atoms with Gasteiger partial charge < -0.3 is 14.7 Å². The van der Waals surface area contributed by atoms with Crippen molar-refractivity contribution in [1.82, 2.24) is 9.80 Å². The Balaban J connectivity index is 2.19. The molecule has 1 heterocycles. The summed E-state index contributed by atoms with van der Waals surface area (Å²) in [4.78, 5) is 41.3. The molecule has 0 atom stereocenters. The molecule has 0 N–H and O–H groups in total. The predicted molar refractivity (Wildman–Crippen MR) is 111 cm³/mol. The number of hydrogen-bond acceptors (Lipinski definition) is 3. The molecule has 1 aromatic rings. The van der Waals surface area contributed by atoms with Crippen LogP contribution < -0.4 is 4.90 Å². The molecular weight excluding hydrogens is 354 g/mol. The number of piperazine rings is 1. The van der Waals surface area contributed by atoms with E-state index in [0.717, 1.165) is 23.2 Å². The first-order valence-corrected chi connectivity index (χ1v) is 10.1. The number of hydrogen-bond donors (Lipinski definition) is 0. The number of rotatable bonds is 7. The maximum absolute atomic E-state index is 12.7. The maximum Gasteiger partial charge on any atom is 0.224 e. The molecule has 0 radical (unpaired) electrons. The second-order valence-corrected chi connectivity index (χ2v) is 8.04. The summed E-state index contributed by atoms with van der Waals surface area (Å²) in [6.45, 7) is 12.7. The van der Waals surface area contributed by atoms with Crippen LogP contribution in [0.5, 0.6) is 0 Å². The van der Waals surface area contributed by atoms with E-state index in [1.54, 1.807) is 21.6 Å². The van der Waals surface area contributed by atoms with Gasteiger partial charge in [-0.2, -0.15) is 0 Å². The standard InChI is InChI=1S/C22H33N3O3/c1-16(2)19-7-6-8-20(17(3)4)22(19)25(18(5)27)10-9-21(28)24-13-11-23(15-26)12-14-24/h6-8,15-17H,9-14H2,1-5H3. The van der Waals surface area contributed by atoms with Crippen LogP contribution in [0, 0.1) is 0 Å². The number of anilines is 1. The largest absolute Gasteiger partial charge is 0.342 e. The van der Waals surface area contributed by atoms with Crippen molar-refractivity contribution >= 4 is 23.9 Å². The molecule has 1 aliphatic rings. The Kier molecular flexibility index (Phi) is 7.61. The van der Waals surface area contributed by atoms with Gasteiger partial charge in [-0.15, -0.1) is 0 Å². The Hall–Kier alpha value is -2.37. The number of para-hydroxylation sites is 1. The topological polar surface area (TPSA) is 60.9 Å². The summed E-state index contributed by atoms with van der Waals surface area (Å²) in [5.74, 6) is 0.545. The van der Waals surface area contributed by atoms with E-state index in [-0.39, 0.29) is 30.1 Å². The van der Waals surface area contributed by atoms with E-state index in [2.05, 4.69) is 39.8 Å². The Morgan fingerprint density at radius 3 is 2.00 bits per heavy atom. The highest BCUT2D eigenvalue weighted by Crippen LogP contribution is 2.35. The van der Waals surface area contributed by atoms with Crippen LogP contribution in [0.3, 0.4) is 0 Å². The number of amides is 3. The summed E-state index contributed by atoms with van der Waals surface area (Å²) in [5, 5.41) is 0.